The van der Waals surface area contributed by atoms with Crippen molar-refractivity contribution in [2.24, 2.45) is 0 Å². The zero-order valence-electron chi connectivity index (χ0n) is 16.4. The fourth-order valence-corrected chi connectivity index (χ4v) is 4.90. The number of aromatic amines is 1. The molecule has 1 saturated heterocycles. The first-order valence-corrected chi connectivity index (χ1v) is 10.5. The van der Waals surface area contributed by atoms with Crippen LogP contribution in [0.25, 0.3) is 11.4 Å². The average Bonchev–Trinajstić information content (AvgIpc) is 3.13. The molecule has 2 aromatic heterocycles. The molecular formula is C23H21ClN4O2. The van der Waals surface area contributed by atoms with E-state index in [0.29, 0.717) is 18.7 Å². The van der Waals surface area contributed by atoms with E-state index in [0.717, 1.165) is 42.8 Å². The maximum absolute atomic E-state index is 13.1. The Hall–Kier alpha value is -2.99. The van der Waals surface area contributed by atoms with Gasteiger partial charge in [-0.15, -0.1) is 0 Å². The topological polar surface area (TPSA) is 79.0 Å². The monoisotopic (exact) mass is 420 g/mol. The number of likely N-dealkylation sites (tertiary alicyclic amines) is 1. The minimum Gasteiger partial charge on any atom is -0.338 e. The number of nitrogens with zero attached hydrogens (tertiary/aromatic N) is 3. The van der Waals surface area contributed by atoms with Crippen LogP contribution in [0.4, 0.5) is 0 Å². The molecule has 1 atom stereocenters. The lowest BCUT2D eigenvalue weighted by molar-refractivity contribution is 0.0633. The van der Waals surface area contributed by atoms with Crippen LogP contribution in [0.2, 0.25) is 5.02 Å². The number of aryl methyl sites for hydroxylation is 1. The van der Waals surface area contributed by atoms with Gasteiger partial charge < -0.3 is 9.88 Å². The third-order valence-electron chi connectivity index (χ3n) is 6.24. The van der Waals surface area contributed by atoms with E-state index in [9.17, 15) is 9.59 Å². The highest BCUT2D eigenvalue weighted by atomic mass is 35.5. The van der Waals surface area contributed by atoms with Crippen molar-refractivity contribution < 1.29 is 4.79 Å². The summed E-state index contributed by atoms with van der Waals surface area (Å²) >= 11 is 5.93. The molecule has 1 amide bonds. The highest BCUT2D eigenvalue weighted by molar-refractivity contribution is 6.30. The van der Waals surface area contributed by atoms with Crippen LogP contribution in [0, 0.1) is 0 Å². The number of amides is 1. The fourth-order valence-electron chi connectivity index (χ4n) is 4.73. The second kappa shape index (κ2) is 7.36. The zero-order chi connectivity index (χ0) is 20.7. The second-order valence-corrected chi connectivity index (χ2v) is 8.52. The van der Waals surface area contributed by atoms with E-state index in [-0.39, 0.29) is 16.3 Å². The van der Waals surface area contributed by atoms with Crippen molar-refractivity contribution >= 4 is 17.5 Å². The van der Waals surface area contributed by atoms with E-state index in [4.69, 9.17) is 16.6 Å². The number of benzene rings is 1. The van der Waals surface area contributed by atoms with Crippen LogP contribution in [-0.4, -0.2) is 38.8 Å². The number of fused-ring (bicyclic) bond motifs is 2. The number of H-pyrrole nitrogens is 1. The number of halogens is 1. The lowest BCUT2D eigenvalue weighted by atomic mass is 9.77. The molecule has 0 saturated carbocycles. The summed E-state index contributed by atoms with van der Waals surface area (Å²) in [4.78, 5) is 38.6. The number of rotatable bonds is 2. The van der Waals surface area contributed by atoms with Crippen LogP contribution in [0.5, 0.6) is 0 Å². The minimum absolute atomic E-state index is 0.0269. The Morgan fingerprint density at radius 3 is 2.83 bits per heavy atom. The molecule has 2 aliphatic rings. The number of nitrogens with one attached hydrogen (secondary N) is 1. The standard InChI is InChI=1S/C23H21ClN4O2/c24-18-11-17(13-26-21(18)29)22(30)28-10-4-8-23(14-28)9-7-16-12-25-20(27-19(16)23)15-5-2-1-3-6-15/h1-3,5-6,11-13H,4,7-10,14H2,(H,26,29). The minimum atomic E-state index is -0.391. The maximum atomic E-state index is 13.1. The largest absolute Gasteiger partial charge is 0.338 e. The van der Waals surface area contributed by atoms with Gasteiger partial charge in [0.1, 0.15) is 5.02 Å². The van der Waals surface area contributed by atoms with Crippen molar-refractivity contribution in [3.63, 3.8) is 0 Å². The van der Waals surface area contributed by atoms with Crippen LogP contribution < -0.4 is 5.56 Å². The SMILES string of the molecule is O=C(c1c[nH]c(=O)c(Cl)c1)N1CCCC2(CCc3cnc(-c4ccccc4)nc32)C1. The number of aromatic nitrogens is 3. The van der Waals surface area contributed by atoms with Gasteiger partial charge in [0, 0.05) is 36.5 Å². The number of hydrogen-bond donors (Lipinski definition) is 1. The summed E-state index contributed by atoms with van der Waals surface area (Å²) in [5.74, 6) is 0.615. The number of piperidine rings is 1. The Bertz CT molecular complexity index is 1170. The van der Waals surface area contributed by atoms with Crippen LogP contribution >= 0.6 is 11.6 Å². The van der Waals surface area contributed by atoms with Crippen molar-refractivity contribution in [1.82, 2.24) is 19.9 Å². The van der Waals surface area contributed by atoms with Crippen molar-refractivity contribution in [1.29, 1.82) is 0 Å². The predicted molar refractivity (Wildman–Crippen MR) is 115 cm³/mol. The number of carbonyl (C=O) groups is 1. The summed E-state index contributed by atoms with van der Waals surface area (Å²) in [5, 5.41) is 0.0269. The molecule has 1 aliphatic heterocycles. The Morgan fingerprint density at radius 2 is 2.03 bits per heavy atom. The predicted octanol–water partition coefficient (Wildman–Crippen LogP) is 3.61. The van der Waals surface area contributed by atoms with Gasteiger partial charge in [-0.1, -0.05) is 41.9 Å². The van der Waals surface area contributed by atoms with E-state index in [1.807, 2.05) is 41.4 Å². The summed E-state index contributed by atoms with van der Waals surface area (Å²) in [7, 11) is 0. The third kappa shape index (κ3) is 3.21. The lowest BCUT2D eigenvalue weighted by Crippen LogP contribution is -2.48. The van der Waals surface area contributed by atoms with Gasteiger partial charge in [-0.2, -0.15) is 0 Å². The molecule has 3 aromatic rings. The van der Waals surface area contributed by atoms with E-state index in [1.54, 1.807) is 0 Å². The van der Waals surface area contributed by atoms with Crippen molar-refractivity contribution in [2.75, 3.05) is 13.1 Å². The molecule has 1 unspecified atom stereocenters. The highest BCUT2D eigenvalue weighted by Crippen LogP contribution is 2.44. The zero-order valence-corrected chi connectivity index (χ0v) is 17.2. The van der Waals surface area contributed by atoms with Gasteiger partial charge in [-0.05, 0) is 37.3 Å². The number of carbonyl (C=O) groups excluding carboxylic acids is 1. The first-order chi connectivity index (χ1) is 14.6. The summed E-state index contributed by atoms with van der Waals surface area (Å²) in [6.07, 6.45) is 7.19. The molecule has 3 heterocycles. The molecule has 1 fully saturated rings. The molecular weight excluding hydrogens is 400 g/mol. The fraction of sp³-hybridized carbons (Fsp3) is 0.304. The number of pyridine rings is 1. The van der Waals surface area contributed by atoms with Crippen molar-refractivity contribution in [2.45, 2.75) is 31.1 Å². The molecule has 0 bridgehead atoms. The van der Waals surface area contributed by atoms with E-state index < -0.39 is 5.56 Å². The van der Waals surface area contributed by atoms with Gasteiger partial charge in [0.25, 0.3) is 11.5 Å². The molecule has 0 radical (unpaired) electrons. The molecule has 6 nitrogen and oxygen atoms in total. The molecule has 5 rings (SSSR count). The van der Waals surface area contributed by atoms with E-state index >= 15 is 0 Å². The Labute approximate surface area is 178 Å². The van der Waals surface area contributed by atoms with Crippen LogP contribution in [-0.2, 0) is 11.8 Å². The van der Waals surface area contributed by atoms with Crippen LogP contribution in [0.3, 0.4) is 0 Å². The van der Waals surface area contributed by atoms with Crippen LogP contribution in [0.1, 0.15) is 40.9 Å². The summed E-state index contributed by atoms with van der Waals surface area (Å²) < 4.78 is 0. The summed E-state index contributed by atoms with van der Waals surface area (Å²) in [6, 6.07) is 11.4. The first kappa shape index (κ1) is 19.0. The van der Waals surface area contributed by atoms with Gasteiger partial charge in [-0.25, -0.2) is 9.97 Å². The van der Waals surface area contributed by atoms with Gasteiger partial charge in [0.15, 0.2) is 5.82 Å². The van der Waals surface area contributed by atoms with Crippen molar-refractivity contribution in [3.8, 4) is 11.4 Å². The van der Waals surface area contributed by atoms with Gasteiger partial charge in [-0.3, -0.25) is 9.59 Å². The smallest absolute Gasteiger partial charge is 0.266 e. The van der Waals surface area contributed by atoms with E-state index in [2.05, 4.69) is 9.97 Å². The maximum Gasteiger partial charge on any atom is 0.266 e. The average molecular weight is 421 g/mol. The Balaban J connectivity index is 1.47. The summed E-state index contributed by atoms with van der Waals surface area (Å²) in [5.41, 5.74) is 3.11. The van der Waals surface area contributed by atoms with Gasteiger partial charge in [0.2, 0.25) is 0 Å². The normalized spacial score (nSPS) is 20.4. The van der Waals surface area contributed by atoms with Gasteiger partial charge in [0.05, 0.1) is 11.3 Å². The lowest BCUT2D eigenvalue weighted by Gasteiger charge is -2.40. The van der Waals surface area contributed by atoms with Crippen molar-refractivity contribution in [3.05, 3.63) is 81.0 Å². The molecule has 7 heteroatoms. The molecule has 152 valence electrons. The molecule has 1 N–H and O–H groups in total. The van der Waals surface area contributed by atoms with Crippen LogP contribution in [0.15, 0.2) is 53.6 Å². The Kier molecular flexibility index (Phi) is 4.66. The quantitative estimate of drug-likeness (QED) is 0.686. The highest BCUT2D eigenvalue weighted by Gasteiger charge is 2.45. The van der Waals surface area contributed by atoms with E-state index in [1.165, 1.54) is 17.8 Å². The summed E-state index contributed by atoms with van der Waals surface area (Å²) in [6.45, 7) is 1.30. The molecule has 1 aromatic carbocycles. The first-order valence-electron chi connectivity index (χ1n) is 10.2. The van der Waals surface area contributed by atoms with Gasteiger partial charge >= 0.3 is 0 Å². The number of hydrogen-bond acceptors (Lipinski definition) is 4. The molecule has 30 heavy (non-hydrogen) atoms. The second-order valence-electron chi connectivity index (χ2n) is 8.11. The third-order valence-corrected chi connectivity index (χ3v) is 6.52. The molecule has 1 aliphatic carbocycles. The Morgan fingerprint density at radius 1 is 1.20 bits per heavy atom. The molecule has 1 spiro atoms.